The number of aromatic nitrogens is 4. The van der Waals surface area contributed by atoms with Crippen LogP contribution in [0.1, 0.15) is 24.8 Å². The van der Waals surface area contributed by atoms with E-state index in [-0.39, 0.29) is 11.8 Å². The van der Waals surface area contributed by atoms with Crippen LogP contribution in [0.15, 0.2) is 55.1 Å². The van der Waals surface area contributed by atoms with Crippen molar-refractivity contribution in [3.63, 3.8) is 0 Å². The molecule has 1 aromatic carbocycles. The van der Waals surface area contributed by atoms with Crippen LogP contribution in [0.25, 0.3) is 27.8 Å². The average Bonchev–Trinajstić information content (AvgIpc) is 3.33. The van der Waals surface area contributed by atoms with E-state index < -0.39 is 11.7 Å². The van der Waals surface area contributed by atoms with E-state index in [0.717, 1.165) is 42.3 Å². The van der Waals surface area contributed by atoms with Crippen LogP contribution in [0.4, 0.5) is 18.9 Å². The van der Waals surface area contributed by atoms with Gasteiger partial charge in [0.25, 0.3) is 0 Å². The number of alkyl halides is 3. The second-order valence-electron chi connectivity index (χ2n) is 7.65. The molecule has 158 valence electrons. The van der Waals surface area contributed by atoms with Crippen molar-refractivity contribution >= 4 is 22.5 Å². The van der Waals surface area contributed by atoms with Crippen LogP contribution < -0.4 is 5.32 Å². The van der Waals surface area contributed by atoms with Crippen molar-refractivity contribution < 1.29 is 18.0 Å². The zero-order valence-electron chi connectivity index (χ0n) is 16.3. The van der Waals surface area contributed by atoms with E-state index in [9.17, 15) is 18.0 Å². The summed E-state index contributed by atoms with van der Waals surface area (Å²) in [6, 6.07) is 6.65. The van der Waals surface area contributed by atoms with Crippen molar-refractivity contribution in [2.24, 2.45) is 5.92 Å². The first kappa shape index (κ1) is 19.3. The van der Waals surface area contributed by atoms with Crippen molar-refractivity contribution in [1.82, 2.24) is 19.7 Å². The molecule has 3 aromatic heterocycles. The Morgan fingerprint density at radius 3 is 2.61 bits per heavy atom. The predicted molar refractivity (Wildman–Crippen MR) is 110 cm³/mol. The van der Waals surface area contributed by atoms with Crippen LogP contribution in [-0.4, -0.2) is 25.7 Å². The first-order valence-corrected chi connectivity index (χ1v) is 9.89. The van der Waals surface area contributed by atoms with Crippen LogP contribution in [-0.2, 0) is 11.0 Å². The van der Waals surface area contributed by atoms with Crippen molar-refractivity contribution in [2.45, 2.75) is 25.4 Å². The summed E-state index contributed by atoms with van der Waals surface area (Å²) in [5, 5.41) is 8.07. The molecule has 1 amide bonds. The van der Waals surface area contributed by atoms with Crippen molar-refractivity contribution in [3.05, 3.63) is 60.7 Å². The minimum absolute atomic E-state index is 0.0284. The number of nitrogens with zero attached hydrogens (tertiary/aromatic N) is 3. The Morgan fingerprint density at radius 1 is 1.16 bits per heavy atom. The second-order valence-corrected chi connectivity index (χ2v) is 7.65. The lowest BCUT2D eigenvalue weighted by Gasteiger charge is -2.23. The van der Waals surface area contributed by atoms with Gasteiger partial charge in [0.2, 0.25) is 5.91 Å². The molecule has 4 aromatic rings. The Bertz CT molecular complexity index is 1250. The Labute approximate surface area is 175 Å². The summed E-state index contributed by atoms with van der Waals surface area (Å²) < 4.78 is 39.8. The summed E-state index contributed by atoms with van der Waals surface area (Å²) in [6.07, 6.45) is 5.28. The molecule has 0 bridgehead atoms. The topological polar surface area (TPSA) is 75.6 Å². The van der Waals surface area contributed by atoms with Gasteiger partial charge in [-0.05, 0) is 43.2 Å². The van der Waals surface area contributed by atoms with Crippen LogP contribution >= 0.6 is 0 Å². The molecule has 1 fully saturated rings. The van der Waals surface area contributed by atoms with E-state index in [2.05, 4.69) is 20.4 Å². The van der Waals surface area contributed by atoms with Crippen LogP contribution in [0.3, 0.4) is 0 Å². The van der Waals surface area contributed by atoms with Gasteiger partial charge < -0.3 is 10.3 Å². The fourth-order valence-electron chi connectivity index (χ4n) is 3.59. The molecule has 9 heteroatoms. The molecular formula is C22H18F3N5O. The second kappa shape index (κ2) is 7.26. The van der Waals surface area contributed by atoms with E-state index in [1.165, 1.54) is 16.8 Å². The number of hydrogen-bond donors (Lipinski definition) is 2. The summed E-state index contributed by atoms with van der Waals surface area (Å²) in [5.41, 5.74) is 2.65. The highest BCUT2D eigenvalue weighted by Crippen LogP contribution is 2.32. The number of H-pyrrole nitrogens is 1. The fraction of sp³-hybridized carbons (Fsp3) is 0.227. The van der Waals surface area contributed by atoms with Gasteiger partial charge in [0.1, 0.15) is 0 Å². The number of nitrogens with one attached hydrogen (secondary N) is 2. The van der Waals surface area contributed by atoms with Gasteiger partial charge in [-0.3, -0.25) is 9.78 Å². The highest BCUT2D eigenvalue weighted by Gasteiger charge is 2.30. The summed E-state index contributed by atoms with van der Waals surface area (Å²) in [4.78, 5) is 19.9. The summed E-state index contributed by atoms with van der Waals surface area (Å²) in [5.74, 6) is 0.105. The third-order valence-electron chi connectivity index (χ3n) is 5.64. The number of anilines is 1. The normalized spacial score (nSPS) is 14.5. The largest absolute Gasteiger partial charge is 0.416 e. The molecule has 1 saturated carbocycles. The number of amides is 1. The van der Waals surface area contributed by atoms with Crippen molar-refractivity contribution in [3.8, 4) is 16.9 Å². The maximum Gasteiger partial charge on any atom is 0.416 e. The molecule has 0 radical (unpaired) electrons. The van der Waals surface area contributed by atoms with Gasteiger partial charge in [0, 0.05) is 29.3 Å². The van der Waals surface area contributed by atoms with Gasteiger partial charge in [-0.25, -0.2) is 4.68 Å². The third kappa shape index (κ3) is 3.67. The molecule has 1 aliphatic rings. The number of rotatable bonds is 4. The molecular weight excluding hydrogens is 407 g/mol. The molecule has 6 nitrogen and oxygen atoms in total. The number of benzene rings is 1. The van der Waals surface area contributed by atoms with Crippen molar-refractivity contribution in [2.75, 3.05) is 5.32 Å². The lowest BCUT2D eigenvalue weighted by Crippen LogP contribution is -2.27. The molecule has 3 heterocycles. The maximum atomic E-state index is 12.8. The molecule has 31 heavy (non-hydrogen) atoms. The predicted octanol–water partition coefficient (Wildman–Crippen LogP) is 5.17. The number of carbonyl (C=O) groups excluding carboxylic acids is 1. The molecule has 0 aliphatic heterocycles. The van der Waals surface area contributed by atoms with Crippen LogP contribution in [0, 0.1) is 5.92 Å². The monoisotopic (exact) mass is 425 g/mol. The maximum absolute atomic E-state index is 12.8. The van der Waals surface area contributed by atoms with Gasteiger partial charge in [-0.15, -0.1) is 0 Å². The highest BCUT2D eigenvalue weighted by atomic mass is 19.4. The number of carbonyl (C=O) groups is 1. The minimum atomic E-state index is -4.38. The third-order valence-corrected chi connectivity index (χ3v) is 5.64. The zero-order chi connectivity index (χ0) is 21.6. The summed E-state index contributed by atoms with van der Waals surface area (Å²) >= 11 is 0. The van der Waals surface area contributed by atoms with Gasteiger partial charge in [0.15, 0.2) is 0 Å². The van der Waals surface area contributed by atoms with E-state index in [0.29, 0.717) is 22.6 Å². The molecule has 5 rings (SSSR count). The molecule has 0 atom stereocenters. The van der Waals surface area contributed by atoms with E-state index in [4.69, 9.17) is 0 Å². The van der Waals surface area contributed by atoms with Crippen LogP contribution in [0.5, 0.6) is 0 Å². The SMILES string of the molecule is O=C(Nc1c[nH]c2cnc(-c3cnn(-c4ccc(C(F)(F)F)cc4)c3)cc12)C1CCC1. The Balaban J connectivity index is 1.41. The minimum Gasteiger partial charge on any atom is -0.358 e. The molecule has 1 aliphatic carbocycles. The molecule has 0 unspecified atom stereocenters. The zero-order valence-corrected chi connectivity index (χ0v) is 16.3. The highest BCUT2D eigenvalue weighted by molar-refractivity contribution is 6.03. The first-order chi connectivity index (χ1) is 14.9. The standard InChI is InChI=1S/C22H18F3N5O/c23-22(24,25)15-4-6-16(7-5-15)30-12-14(9-28-30)18-8-17-19(10-26-18)27-11-20(17)29-21(31)13-2-1-3-13/h4-13,27H,1-3H2,(H,29,31). The Kier molecular flexibility index (Phi) is 4.53. The summed E-state index contributed by atoms with van der Waals surface area (Å²) in [6.45, 7) is 0. The number of pyridine rings is 1. The number of halogens is 3. The molecule has 2 N–H and O–H groups in total. The Hall–Kier alpha value is -3.62. The van der Waals surface area contributed by atoms with E-state index in [1.54, 1.807) is 24.8 Å². The van der Waals surface area contributed by atoms with Gasteiger partial charge >= 0.3 is 6.18 Å². The van der Waals surface area contributed by atoms with Gasteiger partial charge in [-0.1, -0.05) is 6.42 Å². The smallest absolute Gasteiger partial charge is 0.358 e. The summed E-state index contributed by atoms with van der Waals surface area (Å²) in [7, 11) is 0. The van der Waals surface area contributed by atoms with Gasteiger partial charge in [-0.2, -0.15) is 18.3 Å². The number of hydrogen-bond acceptors (Lipinski definition) is 3. The lowest BCUT2D eigenvalue weighted by molar-refractivity contribution is -0.137. The quantitative estimate of drug-likeness (QED) is 0.474. The number of aromatic amines is 1. The first-order valence-electron chi connectivity index (χ1n) is 9.89. The average molecular weight is 425 g/mol. The van der Waals surface area contributed by atoms with E-state index >= 15 is 0 Å². The molecule has 0 saturated heterocycles. The lowest BCUT2D eigenvalue weighted by atomic mass is 9.85. The van der Waals surface area contributed by atoms with Crippen molar-refractivity contribution in [1.29, 1.82) is 0 Å². The molecule has 0 spiro atoms. The van der Waals surface area contributed by atoms with E-state index in [1.807, 2.05) is 6.07 Å². The fourth-order valence-corrected chi connectivity index (χ4v) is 3.59. The van der Waals surface area contributed by atoms with Crippen LogP contribution in [0.2, 0.25) is 0 Å². The number of fused-ring (bicyclic) bond motifs is 1. The van der Waals surface area contributed by atoms with Gasteiger partial charge in [0.05, 0.1) is 40.5 Å². The Morgan fingerprint density at radius 2 is 1.94 bits per heavy atom.